The zero-order chi connectivity index (χ0) is 23.0. The predicted octanol–water partition coefficient (Wildman–Crippen LogP) is 4.38. The van der Waals surface area contributed by atoms with Gasteiger partial charge in [-0.3, -0.25) is 0 Å². The van der Waals surface area contributed by atoms with Crippen LogP contribution in [-0.4, -0.2) is 52.2 Å². The fourth-order valence-electron chi connectivity index (χ4n) is 3.67. The number of carbonyl (C=O) groups is 1. The van der Waals surface area contributed by atoms with Gasteiger partial charge in [0, 0.05) is 49.5 Å². The van der Waals surface area contributed by atoms with Crippen LogP contribution in [-0.2, 0) is 6.18 Å². The number of anilines is 2. The normalized spacial score (nSPS) is 16.7. The van der Waals surface area contributed by atoms with Gasteiger partial charge in [0.25, 0.3) is 0 Å². The van der Waals surface area contributed by atoms with Gasteiger partial charge in [-0.15, -0.1) is 0 Å². The number of aromatic nitrogens is 3. The highest BCUT2D eigenvalue weighted by atomic mass is 19.4. The highest BCUT2D eigenvalue weighted by molar-refractivity contribution is 5.89. The average molecular weight is 458 g/mol. The first-order valence-electron chi connectivity index (χ1n) is 10.6. The lowest BCUT2D eigenvalue weighted by atomic mass is 10.2. The van der Waals surface area contributed by atoms with E-state index in [4.69, 9.17) is 4.52 Å². The molecule has 3 aromatic rings. The minimum absolute atomic E-state index is 0.112. The van der Waals surface area contributed by atoms with Crippen molar-refractivity contribution in [3.8, 4) is 11.4 Å². The third-order valence-electron chi connectivity index (χ3n) is 5.71. The van der Waals surface area contributed by atoms with Crippen LogP contribution >= 0.6 is 0 Å². The number of nitrogens with one attached hydrogen (secondary N) is 1. The third kappa shape index (κ3) is 4.76. The zero-order valence-corrected chi connectivity index (χ0v) is 17.5. The summed E-state index contributed by atoms with van der Waals surface area (Å²) in [6, 6.07) is 7.94. The van der Waals surface area contributed by atoms with E-state index < -0.39 is 17.8 Å². The van der Waals surface area contributed by atoms with Gasteiger partial charge < -0.3 is 19.6 Å². The van der Waals surface area contributed by atoms with Crippen LogP contribution in [0.2, 0.25) is 0 Å². The van der Waals surface area contributed by atoms with Crippen molar-refractivity contribution in [2.75, 3.05) is 36.4 Å². The molecule has 33 heavy (non-hydrogen) atoms. The molecule has 0 unspecified atom stereocenters. The molecule has 5 rings (SSSR count). The molecular weight excluding hydrogens is 437 g/mol. The highest BCUT2D eigenvalue weighted by Gasteiger charge is 2.31. The molecule has 1 N–H and O–H groups in total. The number of amides is 2. The van der Waals surface area contributed by atoms with Crippen molar-refractivity contribution in [3.05, 3.63) is 54.0 Å². The minimum Gasteiger partial charge on any atom is -0.353 e. The van der Waals surface area contributed by atoms with Gasteiger partial charge in [-0.25, -0.2) is 9.78 Å². The molecule has 1 aromatic carbocycles. The molecule has 2 aliphatic rings. The summed E-state index contributed by atoms with van der Waals surface area (Å²) in [5.74, 6) is 2.35. The largest absolute Gasteiger partial charge is 0.416 e. The van der Waals surface area contributed by atoms with Crippen molar-refractivity contribution in [1.82, 2.24) is 20.0 Å². The Balaban J connectivity index is 1.16. The predicted molar refractivity (Wildman–Crippen MR) is 114 cm³/mol. The molecule has 1 saturated carbocycles. The molecule has 172 valence electrons. The van der Waals surface area contributed by atoms with Crippen LogP contribution < -0.4 is 10.2 Å². The van der Waals surface area contributed by atoms with Crippen LogP contribution in [0.15, 0.2) is 47.1 Å². The van der Waals surface area contributed by atoms with Crippen molar-refractivity contribution in [2.45, 2.75) is 24.9 Å². The molecule has 3 heterocycles. The van der Waals surface area contributed by atoms with Crippen LogP contribution in [0.3, 0.4) is 0 Å². The summed E-state index contributed by atoms with van der Waals surface area (Å²) >= 11 is 0. The number of pyridine rings is 1. The summed E-state index contributed by atoms with van der Waals surface area (Å²) in [4.78, 5) is 25.0. The zero-order valence-electron chi connectivity index (χ0n) is 17.5. The summed E-state index contributed by atoms with van der Waals surface area (Å²) < 4.78 is 43.9. The number of carbonyl (C=O) groups excluding carboxylic acids is 1. The first-order valence-corrected chi connectivity index (χ1v) is 10.6. The maximum Gasteiger partial charge on any atom is 0.416 e. The van der Waals surface area contributed by atoms with E-state index in [1.807, 2.05) is 17.0 Å². The van der Waals surface area contributed by atoms with Crippen LogP contribution in [0.5, 0.6) is 0 Å². The van der Waals surface area contributed by atoms with E-state index in [-0.39, 0.29) is 5.69 Å². The van der Waals surface area contributed by atoms with Crippen LogP contribution in [0.1, 0.15) is 30.2 Å². The Kier molecular flexibility index (Phi) is 5.39. The highest BCUT2D eigenvalue weighted by Crippen LogP contribution is 2.39. The minimum atomic E-state index is -4.46. The summed E-state index contributed by atoms with van der Waals surface area (Å²) in [5.41, 5.74) is 0.0820. The number of urea groups is 1. The lowest BCUT2D eigenvalue weighted by Crippen LogP contribution is -2.50. The van der Waals surface area contributed by atoms with Crippen LogP contribution in [0.4, 0.5) is 29.5 Å². The van der Waals surface area contributed by atoms with Crippen molar-refractivity contribution in [3.63, 3.8) is 0 Å². The maximum atomic E-state index is 12.9. The molecule has 2 aromatic heterocycles. The van der Waals surface area contributed by atoms with Crippen molar-refractivity contribution in [2.24, 2.45) is 0 Å². The second-order valence-corrected chi connectivity index (χ2v) is 8.12. The Morgan fingerprint density at radius 2 is 1.88 bits per heavy atom. The van der Waals surface area contributed by atoms with Crippen molar-refractivity contribution in [1.29, 1.82) is 0 Å². The average Bonchev–Trinajstić information content (AvgIpc) is 3.55. The topological polar surface area (TPSA) is 87.4 Å². The van der Waals surface area contributed by atoms with E-state index >= 15 is 0 Å². The van der Waals surface area contributed by atoms with E-state index in [1.54, 1.807) is 11.1 Å². The van der Waals surface area contributed by atoms with E-state index in [1.165, 1.54) is 12.1 Å². The second kappa shape index (κ2) is 8.38. The summed E-state index contributed by atoms with van der Waals surface area (Å²) in [7, 11) is 0. The first-order chi connectivity index (χ1) is 15.9. The first kappa shape index (κ1) is 21.2. The standard InChI is InChI=1S/C22H21F3N6O2/c23-22(24,25)16-2-1-3-17(12-16)27-21(32)31-10-8-30(9-11-31)18-7-6-15(13-26-18)19-28-20(33-29-19)14-4-5-14/h1-3,6-7,12-14H,4-5,8-11H2,(H,27,32). The van der Waals surface area contributed by atoms with E-state index in [0.717, 1.165) is 36.4 Å². The Bertz CT molecular complexity index is 1140. The fraction of sp³-hybridized carbons (Fsp3) is 0.364. The third-order valence-corrected chi connectivity index (χ3v) is 5.71. The quantitative estimate of drug-likeness (QED) is 0.624. The number of nitrogens with zero attached hydrogens (tertiary/aromatic N) is 5. The molecule has 8 nitrogen and oxygen atoms in total. The molecule has 0 radical (unpaired) electrons. The molecule has 1 saturated heterocycles. The summed E-state index contributed by atoms with van der Waals surface area (Å²) in [6.07, 6.45) is -0.590. The second-order valence-electron chi connectivity index (χ2n) is 8.12. The van der Waals surface area contributed by atoms with E-state index in [0.29, 0.717) is 43.8 Å². The molecule has 1 aliphatic carbocycles. The van der Waals surface area contributed by atoms with Gasteiger partial charge in [0.2, 0.25) is 11.7 Å². The summed E-state index contributed by atoms with van der Waals surface area (Å²) in [5, 5.41) is 6.57. The molecular formula is C22H21F3N6O2. The Labute approximate surface area is 187 Å². The SMILES string of the molecule is O=C(Nc1cccc(C(F)(F)F)c1)N1CCN(c2ccc(-c3noc(C4CC4)n3)cn2)CC1. The van der Waals surface area contributed by atoms with Crippen molar-refractivity contribution >= 4 is 17.5 Å². The van der Waals surface area contributed by atoms with Gasteiger partial charge in [-0.1, -0.05) is 11.2 Å². The Morgan fingerprint density at radius 3 is 2.55 bits per heavy atom. The lowest BCUT2D eigenvalue weighted by molar-refractivity contribution is -0.137. The van der Waals surface area contributed by atoms with Gasteiger partial charge >= 0.3 is 12.2 Å². The molecule has 2 fully saturated rings. The van der Waals surface area contributed by atoms with Gasteiger partial charge in [0.05, 0.1) is 5.56 Å². The number of benzene rings is 1. The number of piperazine rings is 1. The Hall–Kier alpha value is -3.63. The number of rotatable bonds is 4. The van der Waals surface area contributed by atoms with Crippen LogP contribution in [0.25, 0.3) is 11.4 Å². The van der Waals surface area contributed by atoms with Crippen LogP contribution in [0, 0.1) is 0 Å². The molecule has 0 bridgehead atoms. The monoisotopic (exact) mass is 458 g/mol. The number of hydrogen-bond donors (Lipinski definition) is 1. The fourth-order valence-corrected chi connectivity index (χ4v) is 3.67. The van der Waals surface area contributed by atoms with Gasteiger partial charge in [-0.2, -0.15) is 18.2 Å². The number of hydrogen-bond acceptors (Lipinski definition) is 6. The molecule has 2 amide bonds. The van der Waals surface area contributed by atoms with E-state index in [2.05, 4.69) is 20.4 Å². The summed E-state index contributed by atoms with van der Waals surface area (Å²) in [6.45, 7) is 1.94. The smallest absolute Gasteiger partial charge is 0.353 e. The molecule has 1 aliphatic heterocycles. The van der Waals surface area contributed by atoms with Gasteiger partial charge in [-0.05, 0) is 43.2 Å². The number of alkyl halides is 3. The molecule has 0 atom stereocenters. The van der Waals surface area contributed by atoms with Gasteiger partial charge in [0.1, 0.15) is 5.82 Å². The Morgan fingerprint density at radius 1 is 1.09 bits per heavy atom. The molecule has 0 spiro atoms. The van der Waals surface area contributed by atoms with Gasteiger partial charge in [0.15, 0.2) is 0 Å². The maximum absolute atomic E-state index is 12.9. The molecule has 11 heteroatoms. The van der Waals surface area contributed by atoms with E-state index in [9.17, 15) is 18.0 Å². The number of halogens is 3. The van der Waals surface area contributed by atoms with Crippen molar-refractivity contribution < 1.29 is 22.5 Å². The lowest BCUT2D eigenvalue weighted by Gasteiger charge is -2.35.